The number of rotatable bonds is 6. The van der Waals surface area contributed by atoms with E-state index in [2.05, 4.69) is 15.9 Å². The summed E-state index contributed by atoms with van der Waals surface area (Å²) in [6.07, 6.45) is 2.57. The number of hydrogen-bond acceptors (Lipinski definition) is 3. The fourth-order valence-corrected chi connectivity index (χ4v) is 1.90. The standard InChI is InChI=1S/C12H15BrO3/c13-11-5-10(6-14)3-4-12(11)16-8-15-7-9-1-2-9/h3-5,9,14H,1-2,6-8H2. The third-order valence-electron chi connectivity index (χ3n) is 2.53. The highest BCUT2D eigenvalue weighted by molar-refractivity contribution is 9.10. The SMILES string of the molecule is OCc1ccc(OCOCC2CC2)c(Br)c1. The molecule has 0 spiro atoms. The van der Waals surface area contributed by atoms with Crippen LogP contribution in [0, 0.1) is 5.92 Å². The first-order valence-electron chi connectivity index (χ1n) is 5.39. The van der Waals surface area contributed by atoms with E-state index in [1.807, 2.05) is 18.2 Å². The molecule has 1 aliphatic rings. The van der Waals surface area contributed by atoms with Crippen molar-refractivity contribution in [2.45, 2.75) is 19.4 Å². The Bertz CT molecular complexity index is 350. The smallest absolute Gasteiger partial charge is 0.189 e. The van der Waals surface area contributed by atoms with E-state index in [4.69, 9.17) is 14.6 Å². The summed E-state index contributed by atoms with van der Waals surface area (Å²) in [5.74, 6) is 1.50. The first-order chi connectivity index (χ1) is 7.79. The predicted molar refractivity (Wildman–Crippen MR) is 64.2 cm³/mol. The predicted octanol–water partition coefficient (Wildman–Crippen LogP) is 2.70. The summed E-state index contributed by atoms with van der Waals surface area (Å²) in [6, 6.07) is 5.51. The van der Waals surface area contributed by atoms with Crippen molar-refractivity contribution in [1.82, 2.24) is 0 Å². The van der Waals surface area contributed by atoms with Crippen molar-refractivity contribution < 1.29 is 14.6 Å². The maximum absolute atomic E-state index is 8.95. The summed E-state index contributed by atoms with van der Waals surface area (Å²) in [5, 5.41) is 8.95. The highest BCUT2D eigenvalue weighted by Gasteiger charge is 2.21. The van der Waals surface area contributed by atoms with Crippen LogP contribution < -0.4 is 4.74 Å². The van der Waals surface area contributed by atoms with Crippen LogP contribution in [0.1, 0.15) is 18.4 Å². The second-order valence-corrected chi connectivity index (χ2v) is 4.85. The molecule has 0 radical (unpaired) electrons. The van der Waals surface area contributed by atoms with Gasteiger partial charge in [0.2, 0.25) is 0 Å². The van der Waals surface area contributed by atoms with Gasteiger partial charge in [-0.25, -0.2) is 0 Å². The Labute approximate surface area is 104 Å². The molecule has 0 saturated heterocycles. The van der Waals surface area contributed by atoms with Gasteiger partial charge in [-0.3, -0.25) is 0 Å². The van der Waals surface area contributed by atoms with Gasteiger partial charge in [-0.1, -0.05) is 6.07 Å². The van der Waals surface area contributed by atoms with E-state index in [1.165, 1.54) is 12.8 Å². The summed E-state index contributed by atoms with van der Waals surface area (Å²) in [6.45, 7) is 1.12. The third-order valence-corrected chi connectivity index (χ3v) is 3.15. The molecule has 1 aromatic carbocycles. The van der Waals surface area contributed by atoms with Crippen molar-refractivity contribution in [1.29, 1.82) is 0 Å². The van der Waals surface area contributed by atoms with Crippen LogP contribution in [0.4, 0.5) is 0 Å². The van der Waals surface area contributed by atoms with Crippen molar-refractivity contribution in [2.75, 3.05) is 13.4 Å². The van der Waals surface area contributed by atoms with Gasteiger partial charge in [0.25, 0.3) is 0 Å². The van der Waals surface area contributed by atoms with Gasteiger partial charge in [0, 0.05) is 0 Å². The Kier molecular flexibility index (Phi) is 4.21. The average Bonchev–Trinajstić information content (AvgIpc) is 3.10. The summed E-state index contributed by atoms with van der Waals surface area (Å²) in [4.78, 5) is 0. The van der Waals surface area contributed by atoms with Crippen LogP contribution in [0.15, 0.2) is 22.7 Å². The zero-order valence-corrected chi connectivity index (χ0v) is 10.6. The Balaban J connectivity index is 1.78. The van der Waals surface area contributed by atoms with Crippen molar-refractivity contribution in [3.8, 4) is 5.75 Å². The monoisotopic (exact) mass is 286 g/mol. The van der Waals surface area contributed by atoms with Gasteiger partial charge >= 0.3 is 0 Å². The van der Waals surface area contributed by atoms with Gasteiger partial charge in [0.05, 0.1) is 17.7 Å². The van der Waals surface area contributed by atoms with Gasteiger partial charge in [0.15, 0.2) is 6.79 Å². The molecule has 1 N–H and O–H groups in total. The van der Waals surface area contributed by atoms with E-state index in [1.54, 1.807) is 0 Å². The molecule has 0 amide bonds. The number of hydrogen-bond donors (Lipinski definition) is 1. The van der Waals surface area contributed by atoms with Crippen LogP contribution in [0.25, 0.3) is 0 Å². The maximum atomic E-state index is 8.95. The van der Waals surface area contributed by atoms with E-state index >= 15 is 0 Å². The number of ether oxygens (including phenoxy) is 2. The van der Waals surface area contributed by atoms with Crippen molar-refractivity contribution in [2.24, 2.45) is 5.92 Å². The third kappa shape index (κ3) is 3.47. The second kappa shape index (κ2) is 5.66. The Morgan fingerprint density at radius 2 is 2.19 bits per heavy atom. The van der Waals surface area contributed by atoms with E-state index in [0.717, 1.165) is 28.3 Å². The summed E-state index contributed by atoms with van der Waals surface area (Å²) in [7, 11) is 0. The van der Waals surface area contributed by atoms with E-state index in [-0.39, 0.29) is 13.4 Å². The largest absolute Gasteiger partial charge is 0.466 e. The summed E-state index contributed by atoms with van der Waals surface area (Å²) >= 11 is 3.39. The van der Waals surface area contributed by atoms with Gasteiger partial charge in [0.1, 0.15) is 5.75 Å². The molecule has 0 unspecified atom stereocenters. The Morgan fingerprint density at radius 3 is 2.81 bits per heavy atom. The molecule has 0 atom stereocenters. The molecule has 3 nitrogen and oxygen atoms in total. The van der Waals surface area contributed by atoms with Crippen LogP contribution in [-0.4, -0.2) is 18.5 Å². The van der Waals surface area contributed by atoms with Crippen molar-refractivity contribution in [3.63, 3.8) is 0 Å². The molecular weight excluding hydrogens is 272 g/mol. The molecule has 0 aliphatic heterocycles. The fourth-order valence-electron chi connectivity index (χ4n) is 1.36. The van der Waals surface area contributed by atoms with Gasteiger partial charge in [-0.15, -0.1) is 0 Å². The number of halogens is 1. The van der Waals surface area contributed by atoms with Crippen LogP contribution in [0.2, 0.25) is 0 Å². The quantitative estimate of drug-likeness (QED) is 0.646. The molecule has 0 aromatic heterocycles. The van der Waals surface area contributed by atoms with Crippen molar-refractivity contribution in [3.05, 3.63) is 28.2 Å². The minimum atomic E-state index is 0.0387. The van der Waals surface area contributed by atoms with Gasteiger partial charge in [-0.05, 0) is 52.4 Å². The molecule has 2 rings (SSSR count). The lowest BCUT2D eigenvalue weighted by Gasteiger charge is -2.09. The zero-order valence-electron chi connectivity index (χ0n) is 8.99. The first kappa shape index (κ1) is 11.9. The molecular formula is C12H15BrO3. The molecule has 1 saturated carbocycles. The van der Waals surface area contributed by atoms with Crippen LogP contribution in [-0.2, 0) is 11.3 Å². The second-order valence-electron chi connectivity index (χ2n) is 4.00. The summed E-state index contributed by atoms with van der Waals surface area (Å²) in [5.41, 5.74) is 0.859. The lowest BCUT2D eigenvalue weighted by Crippen LogP contribution is -2.05. The molecule has 16 heavy (non-hydrogen) atoms. The summed E-state index contributed by atoms with van der Waals surface area (Å²) < 4.78 is 11.7. The lowest BCUT2D eigenvalue weighted by molar-refractivity contribution is 0.00955. The van der Waals surface area contributed by atoms with E-state index in [9.17, 15) is 0 Å². The minimum absolute atomic E-state index is 0.0387. The molecule has 0 bridgehead atoms. The van der Waals surface area contributed by atoms with Gasteiger partial charge < -0.3 is 14.6 Å². The average molecular weight is 287 g/mol. The fraction of sp³-hybridized carbons (Fsp3) is 0.500. The number of benzene rings is 1. The van der Waals surface area contributed by atoms with Crippen LogP contribution in [0.5, 0.6) is 5.75 Å². The molecule has 0 heterocycles. The normalized spacial score (nSPS) is 15.1. The van der Waals surface area contributed by atoms with Gasteiger partial charge in [-0.2, -0.15) is 0 Å². The Morgan fingerprint density at radius 1 is 1.38 bits per heavy atom. The minimum Gasteiger partial charge on any atom is -0.466 e. The maximum Gasteiger partial charge on any atom is 0.189 e. The first-order valence-corrected chi connectivity index (χ1v) is 6.18. The lowest BCUT2D eigenvalue weighted by atomic mass is 10.2. The van der Waals surface area contributed by atoms with Crippen LogP contribution >= 0.6 is 15.9 Å². The molecule has 4 heteroatoms. The van der Waals surface area contributed by atoms with E-state index < -0.39 is 0 Å². The topological polar surface area (TPSA) is 38.7 Å². The molecule has 88 valence electrons. The molecule has 1 aromatic rings. The highest BCUT2D eigenvalue weighted by Crippen LogP contribution is 2.29. The molecule has 1 fully saturated rings. The van der Waals surface area contributed by atoms with E-state index in [0.29, 0.717) is 0 Å². The Hall–Kier alpha value is -0.580. The number of aliphatic hydroxyl groups excluding tert-OH is 1. The zero-order chi connectivity index (χ0) is 11.4. The highest BCUT2D eigenvalue weighted by atomic mass is 79.9. The molecule has 1 aliphatic carbocycles. The van der Waals surface area contributed by atoms with Crippen LogP contribution in [0.3, 0.4) is 0 Å². The number of aliphatic hydroxyl groups is 1. The van der Waals surface area contributed by atoms with Crippen molar-refractivity contribution >= 4 is 15.9 Å².